The van der Waals surface area contributed by atoms with Gasteiger partial charge >= 0.3 is 0 Å². The van der Waals surface area contributed by atoms with E-state index in [1.165, 1.54) is 0 Å². The number of hydrogen-bond donors (Lipinski definition) is 0. The minimum atomic E-state index is -3.49. The summed E-state index contributed by atoms with van der Waals surface area (Å²) in [7, 11) is -5.51. The molecule has 0 N–H and O–H groups in total. The Hall–Kier alpha value is -2.29. The van der Waals surface area contributed by atoms with E-state index in [9.17, 15) is 8.42 Å². The second kappa shape index (κ2) is 13.6. The fraction of sp³-hybridized carbons (Fsp3) is 0.655. The summed E-state index contributed by atoms with van der Waals surface area (Å²) in [6.45, 7) is 15.5. The highest BCUT2D eigenvalue weighted by Crippen LogP contribution is 2.39. The van der Waals surface area contributed by atoms with Crippen LogP contribution >= 0.6 is 0 Å². The van der Waals surface area contributed by atoms with Gasteiger partial charge in [-0.05, 0) is 62.5 Å². The Balaban J connectivity index is 1.43. The number of hydrogen-bond acceptors (Lipinski definition) is 9. The van der Waals surface area contributed by atoms with E-state index in [1.54, 1.807) is 6.92 Å². The van der Waals surface area contributed by atoms with Crippen molar-refractivity contribution in [2.45, 2.75) is 84.0 Å². The van der Waals surface area contributed by atoms with Crippen molar-refractivity contribution in [3.63, 3.8) is 0 Å². The van der Waals surface area contributed by atoms with Crippen molar-refractivity contribution < 1.29 is 31.2 Å². The quantitative estimate of drug-likeness (QED) is 0.133. The van der Waals surface area contributed by atoms with Gasteiger partial charge in [0.05, 0.1) is 57.0 Å². The molecule has 1 aromatic carbocycles. The van der Waals surface area contributed by atoms with Gasteiger partial charge < -0.3 is 18.6 Å². The molecule has 1 saturated heterocycles. The van der Waals surface area contributed by atoms with Gasteiger partial charge in [0.2, 0.25) is 8.32 Å². The van der Waals surface area contributed by atoms with Crippen LogP contribution in [0.5, 0.6) is 5.75 Å². The van der Waals surface area contributed by atoms with Crippen LogP contribution in [-0.2, 0) is 35.1 Å². The summed E-state index contributed by atoms with van der Waals surface area (Å²) in [6, 6.07) is 6.26. The van der Waals surface area contributed by atoms with Crippen molar-refractivity contribution >= 4 is 29.3 Å². The monoisotopic (exact) mass is 622 g/mol. The van der Waals surface area contributed by atoms with Gasteiger partial charge in [0.1, 0.15) is 11.4 Å². The van der Waals surface area contributed by atoms with Crippen LogP contribution in [0.15, 0.2) is 30.6 Å². The highest BCUT2D eigenvalue weighted by atomic mass is 32.2. The summed E-state index contributed by atoms with van der Waals surface area (Å²) in [6.07, 6.45) is 7.34. The lowest BCUT2D eigenvalue weighted by Crippen LogP contribution is -2.43. The lowest BCUT2D eigenvalue weighted by atomic mass is 10.1. The van der Waals surface area contributed by atoms with E-state index in [-0.39, 0.29) is 17.9 Å². The Morgan fingerprint density at radius 1 is 1.14 bits per heavy atom. The van der Waals surface area contributed by atoms with Crippen LogP contribution in [0.4, 0.5) is 0 Å². The van der Waals surface area contributed by atoms with E-state index < -0.39 is 24.5 Å². The van der Waals surface area contributed by atoms with Crippen molar-refractivity contribution in [3.05, 3.63) is 30.6 Å². The molecular formula is C29H46N4O7SSi. The highest BCUT2D eigenvalue weighted by molar-refractivity contribution is 7.86. The van der Waals surface area contributed by atoms with Crippen LogP contribution < -0.4 is 4.43 Å². The Morgan fingerprint density at radius 2 is 1.90 bits per heavy atom. The molecule has 0 spiro atoms. The molecule has 0 aliphatic carbocycles. The average molecular weight is 623 g/mol. The van der Waals surface area contributed by atoms with Gasteiger partial charge in [0, 0.05) is 23.8 Å². The first-order valence-corrected chi connectivity index (χ1v) is 19.4. The number of ether oxygens (including phenoxy) is 3. The van der Waals surface area contributed by atoms with Crippen LogP contribution in [0.25, 0.3) is 22.2 Å². The molecule has 3 heterocycles. The van der Waals surface area contributed by atoms with Crippen LogP contribution in [0.3, 0.4) is 0 Å². The maximum atomic E-state index is 11.2. The van der Waals surface area contributed by atoms with Crippen LogP contribution in [0.1, 0.15) is 53.2 Å². The molecule has 42 heavy (non-hydrogen) atoms. The summed E-state index contributed by atoms with van der Waals surface area (Å²) < 4.78 is 54.9. The minimum Gasteiger partial charge on any atom is -0.543 e. The molecule has 234 valence electrons. The number of rotatable bonds is 14. The first kappa shape index (κ1) is 32.6. The third kappa shape index (κ3) is 8.63. The second-order valence-electron chi connectivity index (χ2n) is 12.4. The van der Waals surface area contributed by atoms with Crippen molar-refractivity contribution in [1.82, 2.24) is 19.6 Å². The fourth-order valence-electron chi connectivity index (χ4n) is 4.54. The number of aromatic nitrogens is 4. The minimum absolute atomic E-state index is 0.0886. The summed E-state index contributed by atoms with van der Waals surface area (Å²) in [4.78, 5) is 0. The zero-order valence-corrected chi connectivity index (χ0v) is 27.8. The smallest absolute Gasteiger partial charge is 0.264 e. The Labute approximate surface area is 250 Å². The van der Waals surface area contributed by atoms with Gasteiger partial charge in [-0.2, -0.15) is 18.6 Å². The maximum Gasteiger partial charge on any atom is 0.264 e. The second-order valence-corrected chi connectivity index (χ2v) is 18.8. The lowest BCUT2D eigenvalue weighted by molar-refractivity contribution is -0.0365. The predicted octanol–water partition coefficient (Wildman–Crippen LogP) is 5.38. The topological polar surface area (TPSA) is 116 Å². The molecule has 4 rings (SSSR count). The van der Waals surface area contributed by atoms with Crippen molar-refractivity contribution in [2.75, 3.05) is 39.3 Å². The SMILES string of the molecule is C[C@@H](COCCOCCn1cc(-c2nn(C3CCCCO3)c3ccc(O[Si](C)(C)C(C)(C)C)cc23)cn1)OS(C)(=O)=O. The summed E-state index contributed by atoms with van der Waals surface area (Å²) in [5.41, 5.74) is 2.79. The molecule has 1 aliphatic heterocycles. The molecular weight excluding hydrogens is 576 g/mol. The molecule has 1 aliphatic rings. The average Bonchev–Trinajstić information content (AvgIpc) is 3.51. The van der Waals surface area contributed by atoms with Crippen molar-refractivity contribution in [1.29, 1.82) is 0 Å². The van der Waals surface area contributed by atoms with E-state index in [1.807, 2.05) is 21.8 Å². The van der Waals surface area contributed by atoms with E-state index in [0.29, 0.717) is 26.4 Å². The van der Waals surface area contributed by atoms with Crippen LogP contribution in [0.2, 0.25) is 18.1 Å². The largest absolute Gasteiger partial charge is 0.543 e. The molecule has 0 radical (unpaired) electrons. The fourth-order valence-corrected chi connectivity index (χ4v) is 6.22. The van der Waals surface area contributed by atoms with Crippen molar-refractivity contribution in [2.24, 2.45) is 0 Å². The van der Waals surface area contributed by atoms with Gasteiger partial charge in [-0.3, -0.25) is 8.86 Å². The zero-order chi connectivity index (χ0) is 30.5. The van der Waals surface area contributed by atoms with Gasteiger partial charge in [-0.1, -0.05) is 20.8 Å². The standard InChI is InChI=1S/C29H46N4O7SSi/c1-22(39-41(5,34)35)21-37-17-16-36-15-13-32-20-23(19-30-32)28-25-18-24(40-42(6,7)29(2,3)4)11-12-26(25)33(31-28)27-10-8-9-14-38-27/h11-12,18-20,22,27H,8-10,13-17,21H2,1-7H3/t22-,27?/m0/s1. The van der Waals surface area contributed by atoms with Gasteiger partial charge in [-0.25, -0.2) is 4.68 Å². The predicted molar refractivity (Wildman–Crippen MR) is 165 cm³/mol. The third-order valence-corrected chi connectivity index (χ3v) is 12.8. The molecule has 1 fully saturated rings. The number of fused-ring (bicyclic) bond motifs is 1. The Morgan fingerprint density at radius 3 is 2.60 bits per heavy atom. The number of benzene rings is 1. The van der Waals surface area contributed by atoms with Crippen LogP contribution in [-0.4, -0.2) is 81.7 Å². The molecule has 2 atom stereocenters. The molecule has 2 aromatic heterocycles. The lowest BCUT2D eigenvalue weighted by Gasteiger charge is -2.36. The first-order chi connectivity index (χ1) is 19.7. The molecule has 1 unspecified atom stereocenters. The normalized spacial score (nSPS) is 17.5. The van der Waals surface area contributed by atoms with E-state index in [2.05, 4.69) is 57.2 Å². The van der Waals surface area contributed by atoms with Gasteiger partial charge in [0.25, 0.3) is 10.1 Å². The molecule has 13 heteroatoms. The molecule has 3 aromatic rings. The summed E-state index contributed by atoms with van der Waals surface area (Å²) >= 11 is 0. The Kier molecular flexibility index (Phi) is 10.5. The molecule has 0 saturated carbocycles. The first-order valence-electron chi connectivity index (χ1n) is 14.6. The zero-order valence-electron chi connectivity index (χ0n) is 26.0. The Bertz CT molecular complexity index is 1430. The van der Waals surface area contributed by atoms with Crippen LogP contribution in [0, 0.1) is 0 Å². The molecule has 0 amide bonds. The van der Waals surface area contributed by atoms with E-state index in [0.717, 1.165) is 60.0 Å². The van der Waals surface area contributed by atoms with Crippen molar-refractivity contribution in [3.8, 4) is 17.0 Å². The maximum absolute atomic E-state index is 11.2. The molecule has 0 bridgehead atoms. The molecule has 11 nitrogen and oxygen atoms in total. The number of nitrogens with zero attached hydrogens (tertiary/aromatic N) is 4. The van der Waals surface area contributed by atoms with E-state index >= 15 is 0 Å². The highest BCUT2D eigenvalue weighted by Gasteiger charge is 2.39. The van der Waals surface area contributed by atoms with E-state index in [4.69, 9.17) is 27.9 Å². The van der Waals surface area contributed by atoms with Gasteiger partial charge in [-0.15, -0.1) is 0 Å². The third-order valence-electron chi connectivity index (χ3n) is 7.72. The summed E-state index contributed by atoms with van der Waals surface area (Å²) in [5.74, 6) is 0.861. The summed E-state index contributed by atoms with van der Waals surface area (Å²) in [5, 5.41) is 10.7. The van der Waals surface area contributed by atoms with Gasteiger partial charge in [0.15, 0.2) is 6.23 Å².